The molecule has 0 radical (unpaired) electrons. The Morgan fingerprint density at radius 1 is 0.759 bits per heavy atom. The molecule has 0 amide bonds. The van der Waals surface area contributed by atoms with Crippen LogP contribution in [0.2, 0.25) is 0 Å². The van der Waals surface area contributed by atoms with Crippen molar-refractivity contribution in [3.63, 3.8) is 0 Å². The van der Waals surface area contributed by atoms with Crippen LogP contribution in [0.25, 0.3) is 0 Å². The van der Waals surface area contributed by atoms with Gasteiger partial charge in [-0.2, -0.15) is 0 Å². The second-order valence-electron chi connectivity index (χ2n) is 9.30. The van der Waals surface area contributed by atoms with Crippen molar-refractivity contribution >= 4 is 7.60 Å². The molecule has 29 heavy (non-hydrogen) atoms. The van der Waals surface area contributed by atoms with Gasteiger partial charge in [-0.1, -0.05) is 63.3 Å². The van der Waals surface area contributed by atoms with Gasteiger partial charge in [0.05, 0.1) is 21.1 Å². The molecule has 0 aliphatic carbocycles. The quantitative estimate of drug-likeness (QED) is 0.111. The summed E-state index contributed by atoms with van der Waals surface area (Å²) in [6.45, 7) is 2.29. The Hall–Kier alpha value is -0.450. The zero-order chi connectivity index (χ0) is 22.2. The molecular weight excluding hydrogens is 385 g/mol. The molecule has 0 aromatic rings. The molecule has 0 aliphatic heterocycles. The van der Waals surface area contributed by atoms with E-state index in [2.05, 4.69) is 31.2 Å². The predicted molar refractivity (Wildman–Crippen MR) is 124 cm³/mol. The van der Waals surface area contributed by atoms with E-state index in [0.29, 0.717) is 10.9 Å². The Balaban J connectivity index is 3.83. The molecule has 172 valence electrons. The molecule has 0 aromatic heterocycles. The van der Waals surface area contributed by atoms with Gasteiger partial charge < -0.3 is 19.4 Å². The Morgan fingerprint density at radius 2 is 1.21 bits per heavy atom. The van der Waals surface area contributed by atoms with Gasteiger partial charge in [-0.05, 0) is 51.4 Å². The summed E-state index contributed by atoms with van der Waals surface area (Å²) < 4.78 is 12.1. The van der Waals surface area contributed by atoms with Crippen molar-refractivity contribution in [2.45, 2.75) is 95.7 Å². The maximum atomic E-state index is 11.7. The van der Waals surface area contributed by atoms with E-state index in [-0.39, 0.29) is 13.0 Å². The first kappa shape index (κ1) is 28.5. The Labute approximate surface area is 179 Å². The summed E-state index contributed by atoms with van der Waals surface area (Å²) in [5.74, 6) is 0. The molecule has 1 atom stereocenters. The molecule has 5 nitrogen and oxygen atoms in total. The lowest BCUT2D eigenvalue weighted by molar-refractivity contribution is -0.875. The standard InChI is InChI=1S/C23H46NO4P/c1-5-6-7-8-9-10-11-12-13-14-15-16-17-18-19-20-21-23(25,29(26,27)28)22-24(2,3)4/h11-12,15-16,25H,5-10,13-14,17-22H2,1-4H3,(H-,26,27,28)/p+1/b12-11-,16-15-. The summed E-state index contributed by atoms with van der Waals surface area (Å²) in [6.07, 6.45) is 22.6. The van der Waals surface area contributed by atoms with Crippen LogP contribution in [0, 0.1) is 0 Å². The summed E-state index contributed by atoms with van der Waals surface area (Å²) in [5.41, 5.74) is 0. The van der Waals surface area contributed by atoms with Crippen LogP contribution in [0.5, 0.6) is 0 Å². The summed E-state index contributed by atoms with van der Waals surface area (Å²) in [6, 6.07) is 0. The normalized spacial score (nSPS) is 15.4. The van der Waals surface area contributed by atoms with Gasteiger partial charge in [-0.3, -0.25) is 4.57 Å². The summed E-state index contributed by atoms with van der Waals surface area (Å²) in [4.78, 5) is 19.1. The number of rotatable bonds is 18. The number of unbranched alkanes of at least 4 members (excludes halogenated alkanes) is 9. The van der Waals surface area contributed by atoms with Crippen LogP contribution in [0.4, 0.5) is 0 Å². The van der Waals surface area contributed by atoms with E-state index in [1.807, 2.05) is 21.1 Å². The van der Waals surface area contributed by atoms with Crippen molar-refractivity contribution < 1.29 is 23.9 Å². The van der Waals surface area contributed by atoms with Crippen LogP contribution >= 0.6 is 7.60 Å². The number of allylic oxidation sites excluding steroid dienone is 4. The molecule has 0 saturated heterocycles. The lowest BCUT2D eigenvalue weighted by atomic mass is 10.1. The smallest absolute Gasteiger partial charge is 0.362 e. The van der Waals surface area contributed by atoms with E-state index in [1.54, 1.807) is 0 Å². The monoisotopic (exact) mass is 432 g/mol. The van der Waals surface area contributed by atoms with Gasteiger partial charge in [0, 0.05) is 0 Å². The van der Waals surface area contributed by atoms with Gasteiger partial charge in [0.25, 0.3) is 0 Å². The largest absolute Gasteiger partial charge is 0.373 e. The van der Waals surface area contributed by atoms with Crippen LogP contribution in [-0.4, -0.2) is 52.4 Å². The molecular formula is C23H47NO4P+. The summed E-state index contributed by atoms with van der Waals surface area (Å²) >= 11 is 0. The van der Waals surface area contributed by atoms with Crippen LogP contribution in [-0.2, 0) is 4.57 Å². The van der Waals surface area contributed by atoms with E-state index in [4.69, 9.17) is 0 Å². The van der Waals surface area contributed by atoms with Crippen molar-refractivity contribution in [2.24, 2.45) is 0 Å². The highest BCUT2D eigenvalue weighted by molar-refractivity contribution is 7.53. The fourth-order valence-corrected chi connectivity index (χ4v) is 4.51. The Kier molecular flexibility index (Phi) is 15.1. The number of likely N-dealkylation sites (N-methyl/N-ethyl adjacent to an activating group) is 1. The molecule has 0 rings (SSSR count). The Bertz CT molecular complexity index is 507. The molecule has 0 spiro atoms. The molecule has 0 bridgehead atoms. The topological polar surface area (TPSA) is 77.8 Å². The Morgan fingerprint density at radius 3 is 1.66 bits per heavy atom. The van der Waals surface area contributed by atoms with Gasteiger partial charge >= 0.3 is 7.60 Å². The molecule has 0 aliphatic rings. The average molecular weight is 433 g/mol. The fraction of sp³-hybridized carbons (Fsp3) is 0.826. The molecule has 0 fully saturated rings. The van der Waals surface area contributed by atoms with E-state index >= 15 is 0 Å². The lowest BCUT2D eigenvalue weighted by Gasteiger charge is -2.35. The molecule has 3 N–H and O–H groups in total. The van der Waals surface area contributed by atoms with Crippen LogP contribution in [0.3, 0.4) is 0 Å². The highest BCUT2D eigenvalue weighted by Gasteiger charge is 2.48. The minimum atomic E-state index is -4.55. The number of aliphatic hydroxyl groups is 1. The molecule has 1 unspecified atom stereocenters. The van der Waals surface area contributed by atoms with E-state index < -0.39 is 12.9 Å². The molecule has 0 heterocycles. The van der Waals surface area contributed by atoms with Gasteiger partial charge in [-0.15, -0.1) is 0 Å². The zero-order valence-electron chi connectivity index (χ0n) is 19.4. The number of nitrogens with zero attached hydrogens (tertiary/aromatic N) is 1. The first-order chi connectivity index (χ1) is 13.5. The number of quaternary nitrogens is 1. The third-order valence-electron chi connectivity index (χ3n) is 5.03. The minimum absolute atomic E-state index is 0.0451. The van der Waals surface area contributed by atoms with Gasteiger partial charge in [0.15, 0.2) is 0 Å². The maximum absolute atomic E-state index is 11.7. The lowest BCUT2D eigenvalue weighted by Crippen LogP contribution is -2.49. The van der Waals surface area contributed by atoms with E-state index in [1.165, 1.54) is 38.5 Å². The highest BCUT2D eigenvalue weighted by Crippen LogP contribution is 2.52. The fourth-order valence-electron chi connectivity index (χ4n) is 3.45. The van der Waals surface area contributed by atoms with Crippen LogP contribution in [0.15, 0.2) is 24.3 Å². The van der Waals surface area contributed by atoms with Gasteiger partial charge in [0.1, 0.15) is 6.54 Å². The van der Waals surface area contributed by atoms with E-state index in [9.17, 15) is 19.5 Å². The van der Waals surface area contributed by atoms with Crippen molar-refractivity contribution in [2.75, 3.05) is 27.7 Å². The third kappa shape index (κ3) is 16.0. The third-order valence-corrected chi connectivity index (χ3v) is 6.47. The first-order valence-corrected chi connectivity index (χ1v) is 13.0. The van der Waals surface area contributed by atoms with E-state index in [0.717, 1.165) is 32.1 Å². The molecule has 0 saturated carbocycles. The number of hydrogen-bond donors (Lipinski definition) is 3. The van der Waals surface area contributed by atoms with Crippen molar-refractivity contribution in [3.8, 4) is 0 Å². The van der Waals surface area contributed by atoms with Crippen molar-refractivity contribution in [3.05, 3.63) is 24.3 Å². The molecule has 6 heteroatoms. The summed E-state index contributed by atoms with van der Waals surface area (Å²) in [5, 5.41) is 8.57. The second-order valence-corrected chi connectivity index (χ2v) is 11.2. The van der Waals surface area contributed by atoms with Gasteiger partial charge in [0.2, 0.25) is 5.34 Å². The average Bonchev–Trinajstić information content (AvgIpc) is 2.59. The van der Waals surface area contributed by atoms with Crippen molar-refractivity contribution in [1.29, 1.82) is 0 Å². The molecule has 0 aromatic carbocycles. The van der Waals surface area contributed by atoms with Crippen molar-refractivity contribution in [1.82, 2.24) is 0 Å². The SMILES string of the molecule is CCCCCCC/C=C\CC/C=C\CCCCCC(O)(C[N+](C)(C)C)P(=O)(O)O. The zero-order valence-corrected chi connectivity index (χ0v) is 20.2. The predicted octanol–water partition coefficient (Wildman–Crippen LogP) is 5.76. The highest BCUT2D eigenvalue weighted by atomic mass is 31.2. The minimum Gasteiger partial charge on any atom is -0.373 e. The summed E-state index contributed by atoms with van der Waals surface area (Å²) in [7, 11) is 0.928. The maximum Gasteiger partial charge on any atom is 0.362 e. The first-order valence-electron chi connectivity index (χ1n) is 11.4. The van der Waals surface area contributed by atoms with Gasteiger partial charge in [-0.25, -0.2) is 0 Å². The van der Waals surface area contributed by atoms with Crippen LogP contribution in [0.1, 0.15) is 90.4 Å². The number of hydrogen-bond acceptors (Lipinski definition) is 2. The second kappa shape index (κ2) is 15.4. The van der Waals surface area contributed by atoms with Crippen LogP contribution < -0.4 is 0 Å².